The first-order valence-electron chi connectivity index (χ1n) is 5.52. The van der Waals surface area contributed by atoms with Gasteiger partial charge in [-0.05, 0) is 26.8 Å². The maximum Gasteiger partial charge on any atom is 0.162 e. The van der Waals surface area contributed by atoms with Crippen LogP contribution in [0.3, 0.4) is 0 Å². The third kappa shape index (κ3) is 2.46. The van der Waals surface area contributed by atoms with Crippen molar-refractivity contribution in [3.63, 3.8) is 0 Å². The summed E-state index contributed by atoms with van der Waals surface area (Å²) in [5.41, 5.74) is 2.10. The summed E-state index contributed by atoms with van der Waals surface area (Å²) >= 11 is 0. The van der Waals surface area contributed by atoms with Gasteiger partial charge < -0.3 is 0 Å². The van der Waals surface area contributed by atoms with E-state index in [0.717, 1.165) is 13.0 Å². The van der Waals surface area contributed by atoms with E-state index in [4.69, 9.17) is 0 Å². The van der Waals surface area contributed by atoms with Crippen LogP contribution >= 0.6 is 0 Å². The fourth-order valence-corrected chi connectivity index (χ4v) is 1.99. The Kier molecular flexibility index (Phi) is 2.89. The zero-order valence-corrected chi connectivity index (χ0v) is 10.5. The van der Waals surface area contributed by atoms with Crippen LogP contribution in [-0.4, -0.2) is 22.4 Å². The molecule has 0 radical (unpaired) electrons. The highest BCUT2D eigenvalue weighted by atomic mass is 15.1. The molecule has 1 heterocycles. The van der Waals surface area contributed by atoms with Crippen LogP contribution in [0.5, 0.6) is 0 Å². The molecule has 80 valence electrons. The van der Waals surface area contributed by atoms with Crippen LogP contribution < -0.4 is 0 Å². The minimum Gasteiger partial charge on any atom is -0.228 e. The summed E-state index contributed by atoms with van der Waals surface area (Å²) in [5, 5.41) is 0. The predicted molar refractivity (Wildman–Crippen MR) is 63.1 cm³/mol. The Morgan fingerprint density at radius 2 is 1.57 bits per heavy atom. The van der Waals surface area contributed by atoms with Crippen LogP contribution in [0, 0.1) is 5.41 Å². The van der Waals surface area contributed by atoms with E-state index in [1.165, 1.54) is 0 Å². The molecule has 1 heteroatoms. The maximum atomic E-state index is 2.53. The van der Waals surface area contributed by atoms with Gasteiger partial charge in [-0.3, -0.25) is 0 Å². The molecule has 1 nitrogen and oxygen atoms in total. The van der Waals surface area contributed by atoms with E-state index in [2.05, 4.69) is 58.3 Å². The molecule has 0 saturated carbocycles. The van der Waals surface area contributed by atoms with E-state index >= 15 is 0 Å². The number of nitrogens with zero attached hydrogens (tertiary/aromatic N) is 1. The Morgan fingerprint density at radius 1 is 1.00 bits per heavy atom. The van der Waals surface area contributed by atoms with Gasteiger partial charge in [0, 0.05) is 11.8 Å². The monoisotopic (exact) mass is 194 g/mol. The summed E-state index contributed by atoms with van der Waals surface area (Å²) in [6.45, 7) is 14.9. The third-order valence-corrected chi connectivity index (χ3v) is 2.77. The first kappa shape index (κ1) is 11.5. The van der Waals surface area contributed by atoms with Gasteiger partial charge in [-0.1, -0.05) is 26.8 Å². The first-order chi connectivity index (χ1) is 6.23. The van der Waals surface area contributed by atoms with Crippen molar-refractivity contribution in [1.82, 2.24) is 0 Å². The predicted octanol–water partition coefficient (Wildman–Crippen LogP) is 3.24. The van der Waals surface area contributed by atoms with Crippen molar-refractivity contribution in [2.45, 2.75) is 53.5 Å². The highest BCUT2D eigenvalue weighted by Crippen LogP contribution is 2.24. The van der Waals surface area contributed by atoms with Gasteiger partial charge in [0.1, 0.15) is 0 Å². The minimum absolute atomic E-state index is 0.243. The molecule has 1 rings (SSSR count). The van der Waals surface area contributed by atoms with E-state index in [1.807, 2.05) is 0 Å². The molecular formula is C13H24N+. The second-order valence-electron chi connectivity index (χ2n) is 6.15. The molecule has 14 heavy (non-hydrogen) atoms. The van der Waals surface area contributed by atoms with Crippen molar-refractivity contribution in [2.24, 2.45) is 5.41 Å². The van der Waals surface area contributed by atoms with Gasteiger partial charge in [0.15, 0.2) is 17.8 Å². The van der Waals surface area contributed by atoms with Gasteiger partial charge in [0.05, 0.1) is 0 Å². The molecule has 0 N–H and O–H groups in total. The van der Waals surface area contributed by atoms with Crippen molar-refractivity contribution >= 4 is 5.71 Å². The topological polar surface area (TPSA) is 3.01 Å². The Bertz CT molecular complexity index is 241. The van der Waals surface area contributed by atoms with Crippen LogP contribution in [0.1, 0.15) is 48.0 Å². The summed E-state index contributed by atoms with van der Waals surface area (Å²) in [4.78, 5) is 0. The molecule has 0 spiro atoms. The van der Waals surface area contributed by atoms with Crippen molar-refractivity contribution in [3.8, 4) is 0 Å². The minimum atomic E-state index is 0.243. The maximum absolute atomic E-state index is 2.53. The first-order valence-corrected chi connectivity index (χ1v) is 5.52. The quantitative estimate of drug-likeness (QED) is 0.411. The fraction of sp³-hybridized carbons (Fsp3) is 0.769. The standard InChI is InChI=1S/C13H24N/c1-12(2,3)11-9-7-8-10-14(11)13(4,5)6/h7-8H,9-10H2,1-6H3/q+1. The van der Waals surface area contributed by atoms with E-state index in [-0.39, 0.29) is 11.0 Å². The number of rotatable bonds is 0. The largest absolute Gasteiger partial charge is 0.228 e. The average molecular weight is 194 g/mol. The second-order valence-corrected chi connectivity index (χ2v) is 6.15. The summed E-state index contributed by atoms with van der Waals surface area (Å²) < 4.78 is 2.53. The van der Waals surface area contributed by atoms with Crippen LogP contribution in [0.15, 0.2) is 12.2 Å². The molecule has 0 amide bonds. The van der Waals surface area contributed by atoms with E-state index in [0.29, 0.717) is 0 Å². The fourth-order valence-electron chi connectivity index (χ4n) is 1.99. The Hall–Kier alpha value is -0.590. The molecule has 1 aliphatic heterocycles. The lowest BCUT2D eigenvalue weighted by Gasteiger charge is -2.28. The lowest BCUT2D eigenvalue weighted by molar-refractivity contribution is -0.593. The molecule has 0 bridgehead atoms. The SMILES string of the molecule is CC(C)(C)C1=[N+](C(C)(C)C)CC=CC1. The second kappa shape index (κ2) is 3.52. The van der Waals surface area contributed by atoms with Crippen molar-refractivity contribution in [3.05, 3.63) is 12.2 Å². The number of hydrogen-bond donors (Lipinski definition) is 0. The van der Waals surface area contributed by atoms with Gasteiger partial charge in [0.2, 0.25) is 0 Å². The Morgan fingerprint density at radius 3 is 1.93 bits per heavy atom. The highest BCUT2D eigenvalue weighted by Gasteiger charge is 2.34. The highest BCUT2D eigenvalue weighted by molar-refractivity contribution is 5.86. The van der Waals surface area contributed by atoms with Crippen molar-refractivity contribution in [2.75, 3.05) is 6.54 Å². The normalized spacial score (nSPS) is 19.0. The van der Waals surface area contributed by atoms with Crippen LogP contribution in [-0.2, 0) is 0 Å². The molecule has 0 aromatic rings. The molecule has 1 aliphatic rings. The molecule has 0 aromatic heterocycles. The molecule has 0 atom stereocenters. The van der Waals surface area contributed by atoms with Crippen LogP contribution in [0.2, 0.25) is 0 Å². The molecule has 0 aromatic carbocycles. The molecule has 0 saturated heterocycles. The van der Waals surface area contributed by atoms with E-state index < -0.39 is 0 Å². The molecule has 0 fully saturated rings. The smallest absolute Gasteiger partial charge is 0.162 e. The van der Waals surface area contributed by atoms with Gasteiger partial charge >= 0.3 is 0 Å². The summed E-state index contributed by atoms with van der Waals surface area (Å²) in [6.07, 6.45) is 5.68. The number of allylic oxidation sites excluding steroid dienone is 1. The molecule has 0 unspecified atom stereocenters. The van der Waals surface area contributed by atoms with Crippen LogP contribution in [0.25, 0.3) is 0 Å². The van der Waals surface area contributed by atoms with Crippen molar-refractivity contribution in [1.29, 1.82) is 0 Å². The Balaban J connectivity index is 3.12. The van der Waals surface area contributed by atoms with Gasteiger partial charge in [-0.15, -0.1) is 0 Å². The zero-order chi connectivity index (χ0) is 11.0. The lowest BCUT2D eigenvalue weighted by atomic mass is 9.85. The Labute approximate surface area is 88.5 Å². The third-order valence-electron chi connectivity index (χ3n) is 2.77. The van der Waals surface area contributed by atoms with Crippen LogP contribution in [0.4, 0.5) is 0 Å². The summed E-state index contributed by atoms with van der Waals surface area (Å²) in [5.74, 6) is 0. The zero-order valence-electron chi connectivity index (χ0n) is 10.5. The van der Waals surface area contributed by atoms with Crippen molar-refractivity contribution < 1.29 is 4.58 Å². The molecular weight excluding hydrogens is 170 g/mol. The van der Waals surface area contributed by atoms with Gasteiger partial charge in [0.25, 0.3) is 0 Å². The summed E-state index contributed by atoms with van der Waals surface area (Å²) in [6, 6.07) is 0. The molecule has 0 aliphatic carbocycles. The van der Waals surface area contributed by atoms with E-state index in [1.54, 1.807) is 5.71 Å². The van der Waals surface area contributed by atoms with Gasteiger partial charge in [-0.25, -0.2) is 4.58 Å². The number of hydrogen-bond acceptors (Lipinski definition) is 0. The summed E-state index contributed by atoms with van der Waals surface area (Å²) in [7, 11) is 0. The van der Waals surface area contributed by atoms with Gasteiger partial charge in [-0.2, -0.15) is 0 Å². The average Bonchev–Trinajstić information content (AvgIpc) is 2.01. The van der Waals surface area contributed by atoms with E-state index in [9.17, 15) is 0 Å². The lowest BCUT2D eigenvalue weighted by Crippen LogP contribution is -2.43.